The number of likely N-dealkylation sites (N-methyl/N-ethyl adjacent to an activating group) is 1. The normalized spacial score (nSPS) is 10.1. The first-order chi connectivity index (χ1) is 10.2. The zero-order valence-corrected chi connectivity index (χ0v) is 11.8. The van der Waals surface area contributed by atoms with Gasteiger partial charge in [0.05, 0.1) is 12.5 Å². The van der Waals surface area contributed by atoms with Crippen LogP contribution >= 0.6 is 0 Å². The summed E-state index contributed by atoms with van der Waals surface area (Å²) in [6.45, 7) is 2.88. The van der Waals surface area contributed by atoms with E-state index in [2.05, 4.69) is 15.4 Å². The molecule has 7 nitrogen and oxygen atoms in total. The molecule has 2 rings (SSSR count). The molecular weight excluding hydrogens is 268 g/mol. The lowest BCUT2D eigenvalue weighted by Crippen LogP contribution is -2.35. The molecule has 1 amide bonds. The molecule has 0 unspecified atom stereocenters. The highest BCUT2D eigenvalue weighted by Crippen LogP contribution is 2.11. The number of nitrogens with zero attached hydrogens (tertiary/aromatic N) is 6. The van der Waals surface area contributed by atoms with Crippen LogP contribution in [0.2, 0.25) is 0 Å². The van der Waals surface area contributed by atoms with Gasteiger partial charge >= 0.3 is 0 Å². The predicted molar refractivity (Wildman–Crippen MR) is 75.7 cm³/mol. The van der Waals surface area contributed by atoms with Gasteiger partial charge in [0.2, 0.25) is 11.7 Å². The minimum atomic E-state index is -0.121. The van der Waals surface area contributed by atoms with Crippen LogP contribution in [0, 0.1) is 11.3 Å². The van der Waals surface area contributed by atoms with Crippen molar-refractivity contribution in [3.05, 3.63) is 30.3 Å². The Labute approximate surface area is 122 Å². The molecule has 21 heavy (non-hydrogen) atoms. The van der Waals surface area contributed by atoms with Crippen LogP contribution in [0.4, 0.5) is 0 Å². The van der Waals surface area contributed by atoms with Crippen molar-refractivity contribution in [2.45, 2.75) is 19.9 Å². The maximum Gasteiger partial charge on any atom is 0.246 e. The fourth-order valence-corrected chi connectivity index (χ4v) is 1.88. The third-order valence-electron chi connectivity index (χ3n) is 2.99. The van der Waals surface area contributed by atoms with Crippen molar-refractivity contribution in [1.82, 2.24) is 25.1 Å². The number of hydrogen-bond acceptors (Lipinski definition) is 5. The maximum absolute atomic E-state index is 12.1. The van der Waals surface area contributed by atoms with Gasteiger partial charge in [-0.2, -0.15) is 10.1 Å². The minimum Gasteiger partial charge on any atom is -0.340 e. The number of aromatic nitrogens is 4. The molecule has 0 aliphatic carbocycles. The summed E-state index contributed by atoms with van der Waals surface area (Å²) >= 11 is 0. The van der Waals surface area contributed by atoms with E-state index in [9.17, 15) is 4.79 Å². The second-order valence-corrected chi connectivity index (χ2v) is 4.39. The van der Waals surface area contributed by atoms with E-state index in [1.54, 1.807) is 4.90 Å². The Morgan fingerprint density at radius 2 is 2.14 bits per heavy atom. The molecule has 0 saturated carbocycles. The van der Waals surface area contributed by atoms with E-state index in [1.165, 1.54) is 4.80 Å². The number of rotatable bonds is 6. The average molecular weight is 284 g/mol. The average Bonchev–Trinajstić information content (AvgIpc) is 2.97. The van der Waals surface area contributed by atoms with Gasteiger partial charge in [-0.25, -0.2) is 0 Å². The molecule has 0 spiro atoms. The number of carbonyl (C=O) groups is 1. The highest BCUT2D eigenvalue weighted by Gasteiger charge is 2.14. The van der Waals surface area contributed by atoms with Crippen molar-refractivity contribution in [2.75, 3.05) is 13.1 Å². The maximum atomic E-state index is 12.1. The first kappa shape index (κ1) is 14.7. The van der Waals surface area contributed by atoms with Gasteiger partial charge in [-0.15, -0.1) is 10.2 Å². The Kier molecular flexibility index (Phi) is 4.99. The highest BCUT2D eigenvalue weighted by atomic mass is 16.2. The van der Waals surface area contributed by atoms with Crippen molar-refractivity contribution in [2.24, 2.45) is 0 Å². The third-order valence-corrected chi connectivity index (χ3v) is 2.99. The number of tetrazole rings is 1. The molecule has 1 aromatic heterocycles. The highest BCUT2D eigenvalue weighted by molar-refractivity contribution is 5.75. The summed E-state index contributed by atoms with van der Waals surface area (Å²) in [6, 6.07) is 11.5. The van der Waals surface area contributed by atoms with Crippen LogP contribution < -0.4 is 0 Å². The van der Waals surface area contributed by atoms with Crippen molar-refractivity contribution in [1.29, 1.82) is 5.26 Å². The van der Waals surface area contributed by atoms with Crippen LogP contribution in [0.1, 0.15) is 13.3 Å². The zero-order valence-electron chi connectivity index (χ0n) is 11.8. The van der Waals surface area contributed by atoms with E-state index in [-0.39, 0.29) is 12.5 Å². The Hall–Kier alpha value is -2.75. The molecule has 0 atom stereocenters. The molecule has 0 saturated heterocycles. The predicted octanol–water partition coefficient (Wildman–Crippen LogP) is 1.10. The van der Waals surface area contributed by atoms with Crippen LogP contribution in [0.25, 0.3) is 11.4 Å². The van der Waals surface area contributed by atoms with Crippen LogP contribution in [-0.4, -0.2) is 44.1 Å². The monoisotopic (exact) mass is 284 g/mol. The molecule has 0 bridgehead atoms. The Morgan fingerprint density at radius 1 is 1.38 bits per heavy atom. The lowest BCUT2D eigenvalue weighted by molar-refractivity contribution is -0.132. The fourth-order valence-electron chi connectivity index (χ4n) is 1.88. The summed E-state index contributed by atoms with van der Waals surface area (Å²) in [5, 5.41) is 20.6. The summed E-state index contributed by atoms with van der Waals surface area (Å²) in [5.74, 6) is 0.369. The SMILES string of the molecule is CCN(CCC#N)C(=O)Cn1nnc(-c2ccccc2)n1. The van der Waals surface area contributed by atoms with Gasteiger partial charge in [0.25, 0.3) is 0 Å². The van der Waals surface area contributed by atoms with Gasteiger partial charge in [-0.3, -0.25) is 4.79 Å². The molecule has 0 radical (unpaired) electrons. The Morgan fingerprint density at radius 3 is 2.81 bits per heavy atom. The van der Waals surface area contributed by atoms with Crippen LogP contribution in [-0.2, 0) is 11.3 Å². The number of benzene rings is 1. The molecule has 7 heteroatoms. The summed E-state index contributed by atoms with van der Waals surface area (Å²) in [7, 11) is 0. The molecule has 0 N–H and O–H groups in total. The summed E-state index contributed by atoms with van der Waals surface area (Å²) in [5.41, 5.74) is 0.855. The number of hydrogen-bond donors (Lipinski definition) is 0. The van der Waals surface area contributed by atoms with E-state index in [0.717, 1.165) is 5.56 Å². The van der Waals surface area contributed by atoms with Gasteiger partial charge in [-0.1, -0.05) is 30.3 Å². The van der Waals surface area contributed by atoms with E-state index in [4.69, 9.17) is 5.26 Å². The number of amides is 1. The first-order valence-corrected chi connectivity index (χ1v) is 6.72. The third kappa shape index (κ3) is 3.86. The van der Waals surface area contributed by atoms with Gasteiger partial charge in [0.15, 0.2) is 0 Å². The summed E-state index contributed by atoms with van der Waals surface area (Å²) in [6.07, 6.45) is 0.319. The fraction of sp³-hybridized carbons (Fsp3) is 0.357. The lowest BCUT2D eigenvalue weighted by Gasteiger charge is -2.18. The lowest BCUT2D eigenvalue weighted by atomic mass is 10.2. The van der Waals surface area contributed by atoms with E-state index in [1.807, 2.05) is 43.3 Å². The summed E-state index contributed by atoms with van der Waals surface area (Å²) < 4.78 is 0. The molecular formula is C14H16N6O. The van der Waals surface area contributed by atoms with Crippen LogP contribution in [0.15, 0.2) is 30.3 Å². The molecule has 108 valence electrons. The van der Waals surface area contributed by atoms with Gasteiger partial charge in [-0.05, 0) is 12.1 Å². The minimum absolute atomic E-state index is 0.0269. The van der Waals surface area contributed by atoms with Crippen molar-refractivity contribution in [3.8, 4) is 17.5 Å². The largest absolute Gasteiger partial charge is 0.340 e. The number of carbonyl (C=O) groups excluding carboxylic acids is 1. The number of nitriles is 1. The standard InChI is InChI=1S/C14H16N6O/c1-2-19(10-6-9-15)13(21)11-20-17-14(16-18-20)12-7-4-3-5-8-12/h3-5,7-8H,2,6,10-11H2,1H3. The molecule has 0 fully saturated rings. The van der Waals surface area contributed by atoms with Crippen molar-refractivity contribution < 1.29 is 4.79 Å². The molecule has 2 aromatic rings. The van der Waals surface area contributed by atoms with E-state index in [0.29, 0.717) is 25.3 Å². The molecule has 0 aliphatic rings. The van der Waals surface area contributed by atoms with E-state index >= 15 is 0 Å². The van der Waals surface area contributed by atoms with Gasteiger partial charge in [0, 0.05) is 18.7 Å². The first-order valence-electron chi connectivity index (χ1n) is 6.72. The molecule has 1 aromatic carbocycles. The smallest absolute Gasteiger partial charge is 0.246 e. The van der Waals surface area contributed by atoms with Crippen LogP contribution in [0.5, 0.6) is 0 Å². The zero-order chi connectivity index (χ0) is 15.1. The van der Waals surface area contributed by atoms with Crippen molar-refractivity contribution >= 4 is 5.91 Å². The molecule has 1 heterocycles. The van der Waals surface area contributed by atoms with Crippen molar-refractivity contribution in [3.63, 3.8) is 0 Å². The quantitative estimate of drug-likeness (QED) is 0.792. The topological polar surface area (TPSA) is 87.7 Å². The summed E-state index contributed by atoms with van der Waals surface area (Å²) in [4.78, 5) is 15.0. The second-order valence-electron chi connectivity index (χ2n) is 4.39. The van der Waals surface area contributed by atoms with Gasteiger partial charge < -0.3 is 4.90 Å². The van der Waals surface area contributed by atoms with E-state index < -0.39 is 0 Å². The van der Waals surface area contributed by atoms with Gasteiger partial charge in [0.1, 0.15) is 6.54 Å². The Balaban J connectivity index is 2.02. The molecule has 0 aliphatic heterocycles. The Bertz CT molecular complexity index is 630. The second kappa shape index (κ2) is 7.14. The van der Waals surface area contributed by atoms with Crippen LogP contribution in [0.3, 0.4) is 0 Å².